The quantitative estimate of drug-likeness (QED) is 0.275. The fourth-order valence-electron chi connectivity index (χ4n) is 5.62. The number of piperidine rings is 1. The number of halogens is 1. The molecule has 0 bridgehead atoms. The van der Waals surface area contributed by atoms with Gasteiger partial charge in [-0.15, -0.1) is 0 Å². The van der Waals surface area contributed by atoms with Crippen molar-refractivity contribution in [3.8, 4) is 5.75 Å². The number of unbranched alkanes of at least 4 members (excludes halogenated alkanes) is 2. The predicted molar refractivity (Wildman–Crippen MR) is 146 cm³/mol. The first-order valence-electron chi connectivity index (χ1n) is 13.9. The number of nitrogens with zero attached hydrogens (tertiary/aromatic N) is 2. The summed E-state index contributed by atoms with van der Waals surface area (Å²) in [5.74, 6) is 1.76. The van der Waals surface area contributed by atoms with Gasteiger partial charge in [-0.2, -0.15) is 0 Å². The normalized spacial score (nSPS) is 18.2. The third-order valence-corrected chi connectivity index (χ3v) is 8.29. The van der Waals surface area contributed by atoms with Crippen LogP contribution in [0.5, 0.6) is 5.75 Å². The number of ether oxygens (including phenoxy) is 1. The van der Waals surface area contributed by atoms with E-state index < -0.39 is 0 Å². The number of hydrogen-bond acceptors (Lipinski definition) is 5. The Balaban J connectivity index is 1.27. The van der Waals surface area contributed by atoms with Gasteiger partial charge in [0.2, 0.25) is 0 Å². The van der Waals surface area contributed by atoms with E-state index in [4.69, 9.17) is 22.1 Å². The molecule has 7 heteroatoms. The maximum absolute atomic E-state index is 12.7. The van der Waals surface area contributed by atoms with Gasteiger partial charge in [-0.25, -0.2) is 0 Å². The number of carbonyl (C=O) groups is 1. The Hall–Kier alpha value is -1.50. The van der Waals surface area contributed by atoms with E-state index in [1.165, 1.54) is 84.7 Å². The first-order chi connectivity index (χ1) is 17.0. The highest BCUT2D eigenvalue weighted by molar-refractivity contribution is 6.33. The molecule has 1 amide bonds. The molecule has 1 aliphatic heterocycles. The molecule has 1 aliphatic carbocycles. The predicted octanol–water partition coefficient (Wildman–Crippen LogP) is 5.45. The van der Waals surface area contributed by atoms with Crippen molar-refractivity contribution in [3.05, 3.63) is 22.7 Å². The number of amides is 1. The van der Waals surface area contributed by atoms with Crippen molar-refractivity contribution in [3.63, 3.8) is 0 Å². The standard InChI is InChI=1S/C28H47ClN4O2/c1-3-32(21-23-10-6-4-7-11-23)14-8-5-9-15-33-16-12-22(13-17-33)20-31-28(34)24-18-25(29)26(30)19-27(24)35-2/h18-19,22-23H,3-17,20-21,30H2,1-2H3,(H,31,34). The Labute approximate surface area is 217 Å². The fraction of sp³-hybridized carbons (Fsp3) is 0.750. The number of nitrogen functional groups attached to an aromatic ring is 1. The summed E-state index contributed by atoms with van der Waals surface area (Å²) < 4.78 is 5.31. The maximum Gasteiger partial charge on any atom is 0.255 e. The number of likely N-dealkylation sites (tertiary alicyclic amines) is 1. The van der Waals surface area contributed by atoms with Crippen LogP contribution in [-0.2, 0) is 0 Å². The molecule has 3 N–H and O–H groups in total. The minimum Gasteiger partial charge on any atom is -0.496 e. The number of benzene rings is 1. The molecule has 198 valence electrons. The molecule has 2 aliphatic rings. The van der Waals surface area contributed by atoms with Crippen LogP contribution in [0, 0.1) is 11.8 Å². The second-order valence-electron chi connectivity index (χ2n) is 10.5. The molecule has 0 atom stereocenters. The van der Waals surface area contributed by atoms with Crippen LogP contribution in [0.25, 0.3) is 0 Å². The highest BCUT2D eigenvalue weighted by Gasteiger charge is 2.21. The van der Waals surface area contributed by atoms with E-state index >= 15 is 0 Å². The lowest BCUT2D eigenvalue weighted by Gasteiger charge is -2.32. The number of carbonyl (C=O) groups excluding carboxylic acids is 1. The molecule has 1 saturated carbocycles. The number of hydrogen-bond donors (Lipinski definition) is 2. The zero-order chi connectivity index (χ0) is 25.0. The summed E-state index contributed by atoms with van der Waals surface area (Å²) in [6, 6.07) is 3.19. The highest BCUT2D eigenvalue weighted by Crippen LogP contribution is 2.29. The summed E-state index contributed by atoms with van der Waals surface area (Å²) in [6.07, 6.45) is 13.4. The van der Waals surface area contributed by atoms with Crippen LogP contribution in [0.4, 0.5) is 5.69 Å². The third kappa shape index (κ3) is 9.14. The van der Waals surface area contributed by atoms with Gasteiger partial charge in [-0.05, 0) is 89.2 Å². The summed E-state index contributed by atoms with van der Waals surface area (Å²) in [7, 11) is 1.53. The molecule has 1 heterocycles. The van der Waals surface area contributed by atoms with Crippen molar-refractivity contribution in [2.45, 2.75) is 71.1 Å². The smallest absolute Gasteiger partial charge is 0.255 e. The number of methoxy groups -OCH3 is 1. The van der Waals surface area contributed by atoms with Crippen molar-refractivity contribution in [1.82, 2.24) is 15.1 Å². The van der Waals surface area contributed by atoms with Gasteiger partial charge in [0, 0.05) is 19.2 Å². The van der Waals surface area contributed by atoms with Crippen LogP contribution in [0.2, 0.25) is 5.02 Å². The van der Waals surface area contributed by atoms with E-state index in [0.717, 1.165) is 31.8 Å². The average Bonchev–Trinajstić information content (AvgIpc) is 2.89. The summed E-state index contributed by atoms with van der Waals surface area (Å²) in [6.45, 7) is 10.2. The SMILES string of the molecule is CCN(CCCCCN1CCC(CNC(=O)c2cc(Cl)c(N)cc2OC)CC1)CC1CCCCC1. The molecule has 0 radical (unpaired) electrons. The molecule has 2 fully saturated rings. The lowest BCUT2D eigenvalue weighted by molar-refractivity contribution is 0.0933. The summed E-state index contributed by atoms with van der Waals surface area (Å²) in [4.78, 5) is 18.0. The van der Waals surface area contributed by atoms with Gasteiger partial charge in [0.25, 0.3) is 5.91 Å². The Kier molecular flexibility index (Phi) is 12.0. The van der Waals surface area contributed by atoms with Crippen molar-refractivity contribution in [1.29, 1.82) is 0 Å². The van der Waals surface area contributed by atoms with Crippen LogP contribution < -0.4 is 15.8 Å². The van der Waals surface area contributed by atoms with Gasteiger partial charge in [0.15, 0.2) is 0 Å². The minimum absolute atomic E-state index is 0.157. The number of anilines is 1. The van der Waals surface area contributed by atoms with Gasteiger partial charge in [0.05, 0.1) is 23.4 Å². The molecule has 1 aromatic carbocycles. The maximum atomic E-state index is 12.7. The Bertz CT molecular complexity index is 776. The molecule has 6 nitrogen and oxygen atoms in total. The Morgan fingerprint density at radius 1 is 1.11 bits per heavy atom. The van der Waals surface area contributed by atoms with Gasteiger partial charge in [0.1, 0.15) is 5.75 Å². The van der Waals surface area contributed by atoms with Crippen molar-refractivity contribution >= 4 is 23.2 Å². The van der Waals surface area contributed by atoms with Crippen LogP contribution in [0.15, 0.2) is 12.1 Å². The first kappa shape index (κ1) is 28.1. The van der Waals surface area contributed by atoms with E-state index in [1.54, 1.807) is 12.1 Å². The van der Waals surface area contributed by atoms with Gasteiger partial charge >= 0.3 is 0 Å². The van der Waals surface area contributed by atoms with Crippen molar-refractivity contribution < 1.29 is 9.53 Å². The Morgan fingerprint density at radius 2 is 1.86 bits per heavy atom. The molecule has 0 unspecified atom stereocenters. The van der Waals surface area contributed by atoms with Crippen LogP contribution >= 0.6 is 11.6 Å². The molecule has 0 spiro atoms. The first-order valence-corrected chi connectivity index (χ1v) is 14.2. The lowest BCUT2D eigenvalue weighted by atomic mass is 9.89. The molecular formula is C28H47ClN4O2. The molecular weight excluding hydrogens is 460 g/mol. The minimum atomic E-state index is -0.157. The monoisotopic (exact) mass is 506 g/mol. The molecule has 0 aromatic heterocycles. The van der Waals surface area contributed by atoms with Crippen molar-refractivity contribution in [2.75, 3.05) is 58.7 Å². The van der Waals surface area contributed by atoms with Crippen molar-refractivity contribution in [2.24, 2.45) is 11.8 Å². The lowest BCUT2D eigenvalue weighted by Crippen LogP contribution is -2.39. The molecule has 1 aromatic rings. The molecule has 3 rings (SSSR count). The number of nitrogens with one attached hydrogen (secondary N) is 1. The zero-order valence-corrected chi connectivity index (χ0v) is 22.8. The summed E-state index contributed by atoms with van der Waals surface area (Å²) in [5, 5.41) is 3.44. The van der Waals surface area contributed by atoms with E-state index in [2.05, 4.69) is 22.0 Å². The highest BCUT2D eigenvalue weighted by atomic mass is 35.5. The largest absolute Gasteiger partial charge is 0.496 e. The second kappa shape index (κ2) is 14.9. The van der Waals surface area contributed by atoms with Crippen LogP contribution in [0.1, 0.15) is 81.5 Å². The van der Waals surface area contributed by atoms with Gasteiger partial charge < -0.3 is 25.6 Å². The van der Waals surface area contributed by atoms with E-state index in [1.807, 2.05) is 0 Å². The molecule has 1 saturated heterocycles. The number of rotatable bonds is 13. The van der Waals surface area contributed by atoms with Crippen LogP contribution in [-0.4, -0.2) is 68.6 Å². The second-order valence-corrected chi connectivity index (χ2v) is 10.9. The third-order valence-electron chi connectivity index (χ3n) is 7.96. The average molecular weight is 507 g/mol. The van der Waals surface area contributed by atoms with Gasteiger partial charge in [-0.1, -0.05) is 44.2 Å². The summed E-state index contributed by atoms with van der Waals surface area (Å²) in [5.41, 5.74) is 6.67. The van der Waals surface area contributed by atoms with Crippen LogP contribution in [0.3, 0.4) is 0 Å². The molecule has 35 heavy (non-hydrogen) atoms. The zero-order valence-electron chi connectivity index (χ0n) is 22.0. The number of nitrogens with two attached hydrogens (primary N) is 1. The van der Waals surface area contributed by atoms with Gasteiger partial charge in [-0.3, -0.25) is 4.79 Å². The van der Waals surface area contributed by atoms with E-state index in [9.17, 15) is 4.79 Å². The Morgan fingerprint density at radius 3 is 2.54 bits per heavy atom. The van der Waals surface area contributed by atoms with E-state index in [-0.39, 0.29) is 5.91 Å². The topological polar surface area (TPSA) is 70.8 Å². The van der Waals surface area contributed by atoms with E-state index in [0.29, 0.717) is 34.5 Å². The fourth-order valence-corrected chi connectivity index (χ4v) is 5.79. The summed E-state index contributed by atoms with van der Waals surface area (Å²) >= 11 is 6.11.